The molecule has 2 aromatic carbocycles. The topological polar surface area (TPSA) is 34.9 Å². The highest BCUT2D eigenvalue weighted by atomic mass is 16.1. The van der Waals surface area contributed by atoms with E-state index in [1.54, 1.807) is 0 Å². The number of aromatic nitrogens is 2. The van der Waals surface area contributed by atoms with Gasteiger partial charge < -0.3 is 0 Å². The van der Waals surface area contributed by atoms with Crippen molar-refractivity contribution in [3.05, 3.63) is 65.4 Å². The Bertz CT molecular complexity index is 726. The largest absolute Gasteiger partial charge is 0.298 e. The maximum Gasteiger partial charge on any atom is 0.150 e. The highest BCUT2D eigenvalue weighted by molar-refractivity contribution is 5.81. The number of carbonyl (C=O) groups excluding carboxylic acids is 1. The van der Waals surface area contributed by atoms with Gasteiger partial charge in [-0.2, -0.15) is 5.10 Å². The van der Waals surface area contributed by atoms with Gasteiger partial charge in [0.25, 0.3) is 0 Å². The molecule has 0 aliphatic rings. The normalized spacial score (nSPS) is 10.8. The van der Waals surface area contributed by atoms with Crippen molar-refractivity contribution >= 4 is 17.2 Å². The number of para-hydroxylation sites is 1. The zero-order valence-electron chi connectivity index (χ0n) is 10.7. The molecule has 0 radical (unpaired) electrons. The third-order valence-corrected chi connectivity index (χ3v) is 3.29. The summed E-state index contributed by atoms with van der Waals surface area (Å²) >= 11 is 0. The van der Waals surface area contributed by atoms with E-state index in [0.717, 1.165) is 23.1 Å². The Morgan fingerprint density at radius 3 is 2.58 bits per heavy atom. The fourth-order valence-corrected chi connectivity index (χ4v) is 2.29. The van der Waals surface area contributed by atoms with Crippen molar-refractivity contribution in [1.82, 2.24) is 9.78 Å². The number of benzene rings is 2. The fraction of sp³-hybridized carbons (Fsp3) is 0.125. The third kappa shape index (κ3) is 2.15. The summed E-state index contributed by atoms with van der Waals surface area (Å²) in [5.74, 6) is 0. The number of aryl methyl sites for hydroxylation is 1. The van der Waals surface area contributed by atoms with Gasteiger partial charge in [-0.15, -0.1) is 0 Å². The lowest BCUT2D eigenvalue weighted by Gasteiger charge is -2.04. The molecule has 0 N–H and O–H groups in total. The van der Waals surface area contributed by atoms with Gasteiger partial charge in [0, 0.05) is 10.9 Å². The van der Waals surface area contributed by atoms with Gasteiger partial charge >= 0.3 is 0 Å². The van der Waals surface area contributed by atoms with E-state index in [4.69, 9.17) is 0 Å². The molecule has 0 fully saturated rings. The van der Waals surface area contributed by atoms with Crippen molar-refractivity contribution in [3.63, 3.8) is 0 Å². The average Bonchev–Trinajstić information content (AvgIpc) is 2.77. The number of carbonyl (C=O) groups is 1. The molecular weight excluding hydrogens is 236 g/mol. The number of rotatable bonds is 3. The summed E-state index contributed by atoms with van der Waals surface area (Å²) in [5.41, 5.74) is 4.02. The molecule has 0 aliphatic heterocycles. The molecule has 0 aliphatic carbocycles. The fourth-order valence-electron chi connectivity index (χ4n) is 2.29. The Labute approximate surface area is 111 Å². The van der Waals surface area contributed by atoms with Crippen LogP contribution in [0.5, 0.6) is 0 Å². The summed E-state index contributed by atoms with van der Waals surface area (Å²) in [6.07, 6.45) is 0.858. The van der Waals surface area contributed by atoms with Gasteiger partial charge in [0.2, 0.25) is 0 Å². The Kier molecular flexibility index (Phi) is 2.88. The number of nitrogens with zero attached hydrogens (tertiary/aromatic N) is 2. The first kappa shape index (κ1) is 11.7. The van der Waals surface area contributed by atoms with Crippen LogP contribution in [0.3, 0.4) is 0 Å². The Hall–Kier alpha value is -2.42. The molecule has 3 heteroatoms. The second kappa shape index (κ2) is 4.69. The van der Waals surface area contributed by atoms with Crippen molar-refractivity contribution in [2.75, 3.05) is 0 Å². The smallest absolute Gasteiger partial charge is 0.150 e. The minimum absolute atomic E-state index is 0.699. The summed E-state index contributed by atoms with van der Waals surface area (Å²) in [7, 11) is 0. The van der Waals surface area contributed by atoms with Crippen molar-refractivity contribution in [2.45, 2.75) is 13.5 Å². The molecule has 0 amide bonds. The SMILES string of the molecule is Cc1nn(Cc2ccc(C=O)cc2)c2ccccc12. The molecule has 1 aromatic heterocycles. The van der Waals surface area contributed by atoms with E-state index < -0.39 is 0 Å². The summed E-state index contributed by atoms with van der Waals surface area (Å²) in [5, 5.41) is 5.76. The molecule has 94 valence electrons. The minimum Gasteiger partial charge on any atom is -0.298 e. The van der Waals surface area contributed by atoms with Gasteiger partial charge in [-0.25, -0.2) is 0 Å². The van der Waals surface area contributed by atoms with Crippen LogP contribution >= 0.6 is 0 Å². The van der Waals surface area contributed by atoms with Crippen LogP contribution < -0.4 is 0 Å². The molecule has 0 saturated carbocycles. The quantitative estimate of drug-likeness (QED) is 0.669. The first-order valence-corrected chi connectivity index (χ1v) is 6.24. The van der Waals surface area contributed by atoms with Gasteiger partial charge in [0.1, 0.15) is 6.29 Å². The molecule has 3 aromatic rings. The van der Waals surface area contributed by atoms with Crippen LogP contribution in [0.15, 0.2) is 48.5 Å². The van der Waals surface area contributed by atoms with Crippen LogP contribution in [0.4, 0.5) is 0 Å². The summed E-state index contributed by atoms with van der Waals surface area (Å²) < 4.78 is 2.00. The van der Waals surface area contributed by atoms with Crippen molar-refractivity contribution in [3.8, 4) is 0 Å². The van der Waals surface area contributed by atoms with Crippen molar-refractivity contribution in [2.24, 2.45) is 0 Å². The number of hydrogen-bond donors (Lipinski definition) is 0. The zero-order chi connectivity index (χ0) is 13.2. The lowest BCUT2D eigenvalue weighted by Crippen LogP contribution is -2.01. The highest BCUT2D eigenvalue weighted by Gasteiger charge is 2.06. The maximum absolute atomic E-state index is 10.6. The molecule has 3 rings (SSSR count). The lowest BCUT2D eigenvalue weighted by molar-refractivity contribution is 0.112. The van der Waals surface area contributed by atoms with Crippen LogP contribution in [0.2, 0.25) is 0 Å². The third-order valence-electron chi connectivity index (χ3n) is 3.29. The van der Waals surface area contributed by atoms with E-state index in [1.165, 1.54) is 5.39 Å². The summed E-state index contributed by atoms with van der Waals surface area (Å²) in [6, 6.07) is 15.8. The van der Waals surface area contributed by atoms with Crippen LogP contribution in [0, 0.1) is 6.92 Å². The lowest BCUT2D eigenvalue weighted by atomic mass is 10.1. The Morgan fingerprint density at radius 1 is 1.11 bits per heavy atom. The second-order valence-electron chi connectivity index (χ2n) is 4.62. The molecule has 0 atom stereocenters. The van der Waals surface area contributed by atoms with Crippen LogP contribution in [-0.4, -0.2) is 16.1 Å². The second-order valence-corrected chi connectivity index (χ2v) is 4.62. The first-order chi connectivity index (χ1) is 9.28. The highest BCUT2D eigenvalue weighted by Crippen LogP contribution is 2.18. The number of hydrogen-bond acceptors (Lipinski definition) is 2. The van der Waals surface area contributed by atoms with E-state index in [1.807, 2.05) is 48.0 Å². The predicted molar refractivity (Wildman–Crippen MR) is 75.4 cm³/mol. The number of aldehydes is 1. The average molecular weight is 250 g/mol. The van der Waals surface area contributed by atoms with Gasteiger partial charge in [-0.3, -0.25) is 9.48 Å². The molecule has 0 saturated heterocycles. The zero-order valence-corrected chi connectivity index (χ0v) is 10.7. The molecule has 0 unspecified atom stereocenters. The van der Waals surface area contributed by atoms with Crippen LogP contribution in [0.25, 0.3) is 10.9 Å². The van der Waals surface area contributed by atoms with Crippen LogP contribution in [0.1, 0.15) is 21.6 Å². The standard InChI is InChI=1S/C16H14N2O/c1-12-15-4-2-3-5-16(15)18(17-12)10-13-6-8-14(11-19)9-7-13/h2-9,11H,10H2,1H3. The van der Waals surface area contributed by atoms with Gasteiger partial charge in [-0.05, 0) is 18.6 Å². The first-order valence-electron chi connectivity index (χ1n) is 6.24. The van der Waals surface area contributed by atoms with Crippen LogP contribution in [-0.2, 0) is 6.54 Å². The Morgan fingerprint density at radius 2 is 1.84 bits per heavy atom. The van der Waals surface area contributed by atoms with E-state index in [9.17, 15) is 4.79 Å². The van der Waals surface area contributed by atoms with Crippen molar-refractivity contribution < 1.29 is 4.79 Å². The van der Waals surface area contributed by atoms with E-state index in [2.05, 4.69) is 17.2 Å². The number of fused-ring (bicyclic) bond motifs is 1. The molecule has 19 heavy (non-hydrogen) atoms. The van der Waals surface area contributed by atoms with Gasteiger partial charge in [0.15, 0.2) is 0 Å². The molecular formula is C16H14N2O. The van der Waals surface area contributed by atoms with E-state index >= 15 is 0 Å². The minimum atomic E-state index is 0.699. The Balaban J connectivity index is 1.98. The summed E-state index contributed by atoms with van der Waals surface area (Å²) in [6.45, 7) is 2.74. The van der Waals surface area contributed by atoms with E-state index in [-0.39, 0.29) is 0 Å². The van der Waals surface area contributed by atoms with Crippen molar-refractivity contribution in [1.29, 1.82) is 0 Å². The van der Waals surface area contributed by atoms with Gasteiger partial charge in [-0.1, -0.05) is 42.5 Å². The molecule has 0 bridgehead atoms. The molecule has 3 nitrogen and oxygen atoms in total. The maximum atomic E-state index is 10.6. The predicted octanol–water partition coefficient (Wildman–Crippen LogP) is 3.21. The van der Waals surface area contributed by atoms with E-state index in [0.29, 0.717) is 12.1 Å². The van der Waals surface area contributed by atoms with Gasteiger partial charge in [0.05, 0.1) is 17.8 Å². The summed E-state index contributed by atoms with van der Waals surface area (Å²) in [4.78, 5) is 10.6. The molecule has 1 heterocycles. The molecule has 0 spiro atoms. The monoisotopic (exact) mass is 250 g/mol.